The highest BCUT2D eigenvalue weighted by molar-refractivity contribution is 5.72. The van der Waals surface area contributed by atoms with Crippen molar-refractivity contribution in [2.24, 2.45) is 5.92 Å². The Bertz CT molecular complexity index is 1190. The first-order valence-corrected chi connectivity index (χ1v) is 11.0. The van der Waals surface area contributed by atoms with Crippen LogP contribution in [0.3, 0.4) is 0 Å². The van der Waals surface area contributed by atoms with E-state index in [1.165, 1.54) is 4.57 Å². The maximum absolute atomic E-state index is 12.6. The van der Waals surface area contributed by atoms with Crippen LogP contribution >= 0.6 is 0 Å². The molecule has 0 aromatic carbocycles. The van der Waals surface area contributed by atoms with Crippen LogP contribution in [0.2, 0.25) is 0 Å². The molecule has 0 aliphatic heterocycles. The van der Waals surface area contributed by atoms with Crippen LogP contribution in [0.15, 0.2) is 14.1 Å². The number of unbranched alkanes of at least 4 members (excludes halogenated alkanes) is 1. The molecule has 0 amide bonds. The Morgan fingerprint density at radius 2 is 1.97 bits per heavy atom. The molecule has 0 unspecified atom stereocenters. The zero-order valence-electron chi connectivity index (χ0n) is 19.0. The summed E-state index contributed by atoms with van der Waals surface area (Å²) in [5.74, 6) is 1.16. The second kappa shape index (κ2) is 10.4. The maximum Gasteiger partial charge on any atom is 0.330 e. The number of aryl methyl sites for hydroxylation is 3. The Morgan fingerprint density at radius 1 is 1.19 bits per heavy atom. The molecule has 174 valence electrons. The topological polar surface area (TPSA) is 138 Å². The second-order valence-corrected chi connectivity index (χ2v) is 8.09. The van der Waals surface area contributed by atoms with E-state index >= 15 is 0 Å². The van der Waals surface area contributed by atoms with Gasteiger partial charge in [0.15, 0.2) is 23.6 Å². The number of ether oxygens (including phenoxy) is 1. The van der Waals surface area contributed by atoms with Crippen LogP contribution < -0.4 is 11.2 Å². The summed E-state index contributed by atoms with van der Waals surface area (Å²) >= 11 is 0. The number of imidazole rings is 1. The quantitative estimate of drug-likeness (QED) is 0.441. The van der Waals surface area contributed by atoms with Crippen LogP contribution in [-0.2, 0) is 42.1 Å². The first-order valence-electron chi connectivity index (χ1n) is 11.0. The number of nitrogens with zero attached hydrogens (tertiary/aromatic N) is 5. The van der Waals surface area contributed by atoms with Gasteiger partial charge in [-0.25, -0.2) is 9.78 Å². The molecule has 11 heteroatoms. The maximum atomic E-state index is 12.6. The highest BCUT2D eigenvalue weighted by Crippen LogP contribution is 2.16. The number of fused-ring (bicyclic) bond motifs is 1. The molecule has 0 aliphatic rings. The van der Waals surface area contributed by atoms with Crippen LogP contribution in [0, 0.1) is 5.92 Å². The van der Waals surface area contributed by atoms with Crippen LogP contribution in [-0.4, -0.2) is 35.2 Å². The third-order valence-corrected chi connectivity index (χ3v) is 4.98. The summed E-state index contributed by atoms with van der Waals surface area (Å²) in [4.78, 5) is 48.4. The highest BCUT2D eigenvalue weighted by Gasteiger charge is 2.20. The fourth-order valence-corrected chi connectivity index (χ4v) is 3.41. The summed E-state index contributed by atoms with van der Waals surface area (Å²) in [6, 6.07) is 0. The first kappa shape index (κ1) is 23.4. The van der Waals surface area contributed by atoms with Crippen molar-refractivity contribution in [3.63, 3.8) is 0 Å². The van der Waals surface area contributed by atoms with Gasteiger partial charge in [-0.3, -0.25) is 19.1 Å². The number of nitrogens with one attached hydrogen (secondary N) is 1. The molecule has 3 aromatic heterocycles. The fraction of sp³-hybridized carbons (Fsp3) is 0.619. The Balaban J connectivity index is 1.82. The lowest BCUT2D eigenvalue weighted by molar-refractivity contribution is -0.145. The number of hydrogen-bond donors (Lipinski definition) is 1. The van der Waals surface area contributed by atoms with Crippen LogP contribution in [0.1, 0.15) is 64.5 Å². The number of aromatic nitrogens is 6. The van der Waals surface area contributed by atoms with Crippen molar-refractivity contribution < 1.29 is 14.1 Å². The number of hydrogen-bond acceptors (Lipinski definition) is 8. The monoisotopic (exact) mass is 446 g/mol. The summed E-state index contributed by atoms with van der Waals surface area (Å²) in [7, 11) is 0. The highest BCUT2D eigenvalue weighted by atomic mass is 16.6. The van der Waals surface area contributed by atoms with Gasteiger partial charge in [-0.05, 0) is 12.3 Å². The number of carbonyl (C=O) groups is 1. The Labute approximate surface area is 184 Å². The van der Waals surface area contributed by atoms with Crippen molar-refractivity contribution in [1.29, 1.82) is 0 Å². The number of aromatic amines is 1. The Hall–Kier alpha value is -3.24. The van der Waals surface area contributed by atoms with E-state index in [-0.39, 0.29) is 31.3 Å². The van der Waals surface area contributed by atoms with E-state index < -0.39 is 17.2 Å². The van der Waals surface area contributed by atoms with Crippen molar-refractivity contribution in [3.8, 4) is 0 Å². The van der Waals surface area contributed by atoms with Gasteiger partial charge in [-0.2, -0.15) is 4.98 Å². The van der Waals surface area contributed by atoms with E-state index in [4.69, 9.17) is 9.26 Å². The molecule has 0 saturated heterocycles. The molecule has 32 heavy (non-hydrogen) atoms. The van der Waals surface area contributed by atoms with E-state index in [2.05, 4.69) is 20.1 Å². The van der Waals surface area contributed by atoms with Gasteiger partial charge in [0.1, 0.15) is 5.82 Å². The van der Waals surface area contributed by atoms with Crippen LogP contribution in [0.4, 0.5) is 0 Å². The van der Waals surface area contributed by atoms with E-state index in [1.54, 1.807) is 4.57 Å². The van der Waals surface area contributed by atoms with E-state index in [1.807, 2.05) is 27.7 Å². The molecule has 11 nitrogen and oxygen atoms in total. The van der Waals surface area contributed by atoms with E-state index in [9.17, 15) is 14.4 Å². The third kappa shape index (κ3) is 5.32. The zero-order valence-corrected chi connectivity index (χ0v) is 19.0. The summed E-state index contributed by atoms with van der Waals surface area (Å²) in [6.07, 6.45) is 2.65. The fourth-order valence-electron chi connectivity index (χ4n) is 3.41. The molecule has 0 fully saturated rings. The standard InChI is InChI=1S/C21H30N6O5/c1-5-7-10-26-19-18(20(29)24-21(26)30)27(11-13(3)4)15(23-19)8-9-17(28)31-12-16-22-14(6-2)25-32-16/h13H,5-12H2,1-4H3,(H,24,29,30). The van der Waals surface area contributed by atoms with Gasteiger partial charge >= 0.3 is 11.7 Å². The lowest BCUT2D eigenvalue weighted by Crippen LogP contribution is -2.31. The minimum atomic E-state index is -0.470. The molecule has 3 rings (SSSR count). The molecule has 3 heterocycles. The Morgan fingerprint density at radius 3 is 2.62 bits per heavy atom. The SMILES string of the molecule is CCCCn1c(=O)[nH]c(=O)c2c1nc(CCC(=O)OCc1nc(CC)no1)n2CC(C)C. The number of rotatable bonds is 11. The van der Waals surface area contributed by atoms with Crippen molar-refractivity contribution in [3.05, 3.63) is 38.4 Å². The van der Waals surface area contributed by atoms with Crippen molar-refractivity contribution in [1.82, 2.24) is 29.2 Å². The normalized spacial score (nSPS) is 11.5. The molecule has 1 N–H and O–H groups in total. The van der Waals surface area contributed by atoms with Gasteiger partial charge in [-0.1, -0.05) is 39.3 Å². The first-order chi connectivity index (χ1) is 15.3. The van der Waals surface area contributed by atoms with E-state index in [0.29, 0.717) is 42.3 Å². The van der Waals surface area contributed by atoms with Crippen LogP contribution in [0.5, 0.6) is 0 Å². The van der Waals surface area contributed by atoms with Gasteiger partial charge in [-0.15, -0.1) is 0 Å². The van der Waals surface area contributed by atoms with E-state index in [0.717, 1.165) is 12.8 Å². The molecule has 0 radical (unpaired) electrons. The average Bonchev–Trinajstić information content (AvgIpc) is 3.35. The predicted octanol–water partition coefficient (Wildman–Crippen LogP) is 1.96. The molecule has 0 saturated carbocycles. The summed E-state index contributed by atoms with van der Waals surface area (Å²) in [6.45, 7) is 8.89. The molecule has 3 aromatic rings. The molecule has 0 bridgehead atoms. The molecular formula is C21H30N6O5. The van der Waals surface area contributed by atoms with Crippen LogP contribution in [0.25, 0.3) is 11.2 Å². The summed E-state index contributed by atoms with van der Waals surface area (Å²) in [5.41, 5.74) is -0.227. The molecule has 0 aliphatic carbocycles. The predicted molar refractivity (Wildman–Crippen MR) is 116 cm³/mol. The van der Waals surface area contributed by atoms with Crippen molar-refractivity contribution in [2.45, 2.75) is 79.5 Å². The summed E-state index contributed by atoms with van der Waals surface area (Å²) < 4.78 is 13.5. The lowest BCUT2D eigenvalue weighted by Gasteiger charge is -2.11. The van der Waals surface area contributed by atoms with Crippen molar-refractivity contribution >= 4 is 17.1 Å². The van der Waals surface area contributed by atoms with Crippen molar-refractivity contribution in [2.75, 3.05) is 0 Å². The minimum Gasteiger partial charge on any atom is -0.456 e. The molecular weight excluding hydrogens is 416 g/mol. The second-order valence-electron chi connectivity index (χ2n) is 8.09. The smallest absolute Gasteiger partial charge is 0.330 e. The lowest BCUT2D eigenvalue weighted by atomic mass is 10.2. The minimum absolute atomic E-state index is 0.0628. The van der Waals surface area contributed by atoms with Gasteiger partial charge in [0.2, 0.25) is 0 Å². The van der Waals surface area contributed by atoms with Gasteiger partial charge in [0, 0.05) is 25.9 Å². The van der Waals surface area contributed by atoms with Gasteiger partial charge in [0.25, 0.3) is 11.4 Å². The van der Waals surface area contributed by atoms with Gasteiger partial charge in [0.05, 0.1) is 6.42 Å². The number of carbonyl (C=O) groups excluding carboxylic acids is 1. The van der Waals surface area contributed by atoms with Gasteiger partial charge < -0.3 is 13.8 Å². The zero-order chi connectivity index (χ0) is 23.3. The summed E-state index contributed by atoms with van der Waals surface area (Å²) in [5, 5.41) is 3.76. The number of esters is 1. The molecule has 0 atom stereocenters. The number of H-pyrrole nitrogens is 1. The largest absolute Gasteiger partial charge is 0.456 e. The molecule has 0 spiro atoms. The average molecular weight is 447 g/mol. The Kier molecular flexibility index (Phi) is 7.60. The third-order valence-electron chi connectivity index (χ3n) is 4.98.